The number of hydrogen-bond donors (Lipinski definition) is 2. The molecule has 1 saturated heterocycles. The molecule has 1 amide bonds. The molecule has 0 saturated carbocycles. The normalized spacial score (nSPS) is 14.3. The highest BCUT2D eigenvalue weighted by atomic mass is 32.1. The number of nitrogens with zero attached hydrogens (tertiary/aromatic N) is 3. The van der Waals surface area contributed by atoms with E-state index in [-0.39, 0.29) is 10.6 Å². The van der Waals surface area contributed by atoms with E-state index in [1.807, 2.05) is 35.2 Å². The molecule has 1 aliphatic rings. The van der Waals surface area contributed by atoms with E-state index in [4.69, 9.17) is 25.6 Å². The van der Waals surface area contributed by atoms with Crippen molar-refractivity contribution in [3.63, 3.8) is 0 Å². The maximum atomic E-state index is 11.9. The molecule has 0 aliphatic carbocycles. The molecular formula is C21H17N5O3S. The summed E-state index contributed by atoms with van der Waals surface area (Å²) in [6, 6.07) is 11.7. The summed E-state index contributed by atoms with van der Waals surface area (Å²) < 4.78 is 11.5. The third kappa shape index (κ3) is 2.77. The molecule has 30 heavy (non-hydrogen) atoms. The van der Waals surface area contributed by atoms with E-state index >= 15 is 0 Å². The molecule has 0 radical (unpaired) electrons. The number of fused-ring (bicyclic) bond motifs is 2. The highest BCUT2D eigenvalue weighted by molar-refractivity contribution is 7.21. The van der Waals surface area contributed by atoms with Crippen molar-refractivity contribution in [2.45, 2.75) is 0 Å². The Labute approximate surface area is 175 Å². The Balaban J connectivity index is 1.87. The minimum absolute atomic E-state index is 0.218. The number of pyridine rings is 1. The molecule has 0 atom stereocenters. The van der Waals surface area contributed by atoms with E-state index in [0.717, 1.165) is 16.7 Å². The molecule has 1 fully saturated rings. The molecular weight excluding hydrogens is 402 g/mol. The van der Waals surface area contributed by atoms with Crippen LogP contribution < -0.4 is 16.4 Å². The van der Waals surface area contributed by atoms with E-state index in [2.05, 4.69) is 6.07 Å². The number of thiophene rings is 1. The number of nitrogen functional groups attached to an aromatic ring is 1. The van der Waals surface area contributed by atoms with Crippen molar-refractivity contribution in [1.29, 1.82) is 5.26 Å². The maximum absolute atomic E-state index is 11.9. The standard InChI is InChI=1S/C21H17N5O3S/c22-10-12-15(14-9-11-3-1-2-4-13(11)29-14)16-17(23)18(19(24)27)30-21(16)25-20(12)26-5-7-28-8-6-26/h1-4,9H,5-8,23H2,(H2,24,27). The van der Waals surface area contributed by atoms with Crippen LogP contribution in [0.2, 0.25) is 0 Å². The lowest BCUT2D eigenvalue weighted by atomic mass is 10.0. The monoisotopic (exact) mass is 419 g/mol. The molecule has 150 valence electrons. The second-order valence-corrected chi connectivity index (χ2v) is 7.93. The molecule has 0 unspecified atom stereocenters. The van der Waals surface area contributed by atoms with Gasteiger partial charge in [-0.25, -0.2) is 4.98 Å². The number of carbonyl (C=O) groups excluding carboxylic acids is 1. The molecule has 4 aromatic rings. The van der Waals surface area contributed by atoms with Crippen LogP contribution in [-0.2, 0) is 4.74 Å². The molecule has 9 heteroatoms. The predicted molar refractivity (Wildman–Crippen MR) is 116 cm³/mol. The number of aromatic nitrogens is 1. The van der Waals surface area contributed by atoms with Gasteiger partial charge in [-0.05, 0) is 12.1 Å². The minimum atomic E-state index is -0.627. The van der Waals surface area contributed by atoms with Gasteiger partial charge in [0, 0.05) is 23.9 Å². The number of anilines is 2. The summed E-state index contributed by atoms with van der Waals surface area (Å²) in [6.07, 6.45) is 0. The second kappa shape index (κ2) is 7.02. The number of benzene rings is 1. The van der Waals surface area contributed by atoms with Crippen molar-refractivity contribution < 1.29 is 13.9 Å². The number of nitriles is 1. The zero-order chi connectivity index (χ0) is 20.8. The number of nitrogens with two attached hydrogens (primary N) is 2. The van der Waals surface area contributed by atoms with Gasteiger partial charge in [0.2, 0.25) is 0 Å². The lowest BCUT2D eigenvalue weighted by Gasteiger charge is -2.29. The number of morpholine rings is 1. The second-order valence-electron chi connectivity index (χ2n) is 6.93. The Morgan fingerprint density at radius 2 is 2.03 bits per heavy atom. The average molecular weight is 419 g/mol. The Hall–Kier alpha value is -3.61. The zero-order valence-corrected chi connectivity index (χ0v) is 16.7. The quantitative estimate of drug-likeness (QED) is 0.521. The summed E-state index contributed by atoms with van der Waals surface area (Å²) in [4.78, 5) is 19.4. The van der Waals surface area contributed by atoms with Gasteiger partial charge in [0.05, 0.1) is 24.5 Å². The van der Waals surface area contributed by atoms with E-state index in [1.165, 1.54) is 0 Å². The van der Waals surface area contributed by atoms with E-state index in [1.54, 1.807) is 0 Å². The number of carbonyl (C=O) groups is 1. The molecule has 3 aromatic heterocycles. The first-order valence-electron chi connectivity index (χ1n) is 9.36. The van der Waals surface area contributed by atoms with Crippen molar-refractivity contribution in [1.82, 2.24) is 4.98 Å². The summed E-state index contributed by atoms with van der Waals surface area (Å²) in [5.41, 5.74) is 13.6. The Bertz CT molecular complexity index is 1310. The van der Waals surface area contributed by atoms with Gasteiger partial charge in [0.25, 0.3) is 5.91 Å². The summed E-state index contributed by atoms with van der Waals surface area (Å²) in [7, 11) is 0. The van der Waals surface area contributed by atoms with Crippen LogP contribution in [0.4, 0.5) is 11.5 Å². The van der Waals surface area contributed by atoms with Gasteiger partial charge in [0.15, 0.2) is 0 Å². The molecule has 1 aromatic carbocycles. The van der Waals surface area contributed by atoms with Crippen LogP contribution >= 0.6 is 11.3 Å². The van der Waals surface area contributed by atoms with Gasteiger partial charge in [-0.2, -0.15) is 5.26 Å². The molecule has 4 heterocycles. The number of hydrogen-bond acceptors (Lipinski definition) is 8. The van der Waals surface area contributed by atoms with Crippen LogP contribution in [0, 0.1) is 11.3 Å². The largest absolute Gasteiger partial charge is 0.456 e. The first kappa shape index (κ1) is 18.4. The van der Waals surface area contributed by atoms with Gasteiger partial charge in [0.1, 0.15) is 38.5 Å². The molecule has 1 aliphatic heterocycles. The van der Waals surface area contributed by atoms with Crippen LogP contribution in [0.25, 0.3) is 32.5 Å². The van der Waals surface area contributed by atoms with Crippen LogP contribution in [0.15, 0.2) is 34.7 Å². The van der Waals surface area contributed by atoms with Crippen molar-refractivity contribution in [2.24, 2.45) is 5.73 Å². The molecule has 5 rings (SSSR count). The number of rotatable bonds is 3. The number of amides is 1. The summed E-state index contributed by atoms with van der Waals surface area (Å²) >= 11 is 1.13. The first-order chi connectivity index (χ1) is 14.6. The van der Waals surface area contributed by atoms with E-state index in [9.17, 15) is 10.1 Å². The average Bonchev–Trinajstić information content (AvgIpc) is 3.34. The third-order valence-electron chi connectivity index (χ3n) is 5.18. The van der Waals surface area contributed by atoms with E-state index in [0.29, 0.717) is 64.8 Å². The van der Waals surface area contributed by atoms with Crippen LogP contribution in [0.5, 0.6) is 0 Å². The minimum Gasteiger partial charge on any atom is -0.456 e. The van der Waals surface area contributed by atoms with Gasteiger partial charge in [-0.15, -0.1) is 11.3 Å². The van der Waals surface area contributed by atoms with Crippen molar-refractivity contribution in [3.8, 4) is 17.4 Å². The van der Waals surface area contributed by atoms with E-state index < -0.39 is 5.91 Å². The smallest absolute Gasteiger partial charge is 0.260 e. The Morgan fingerprint density at radius 1 is 1.27 bits per heavy atom. The lowest BCUT2D eigenvalue weighted by Crippen LogP contribution is -2.37. The zero-order valence-electron chi connectivity index (χ0n) is 15.8. The fourth-order valence-electron chi connectivity index (χ4n) is 3.79. The number of ether oxygens (including phenoxy) is 1. The van der Waals surface area contributed by atoms with Crippen LogP contribution in [0.1, 0.15) is 15.2 Å². The number of furan rings is 1. The summed E-state index contributed by atoms with van der Waals surface area (Å²) in [5.74, 6) is 0.397. The summed E-state index contributed by atoms with van der Waals surface area (Å²) in [5, 5.41) is 11.5. The van der Waals surface area contributed by atoms with Crippen molar-refractivity contribution in [2.75, 3.05) is 36.9 Å². The topological polar surface area (TPSA) is 131 Å². The molecule has 8 nitrogen and oxygen atoms in total. The third-order valence-corrected chi connectivity index (χ3v) is 6.29. The van der Waals surface area contributed by atoms with Gasteiger partial charge < -0.3 is 25.5 Å². The van der Waals surface area contributed by atoms with Gasteiger partial charge >= 0.3 is 0 Å². The fourth-order valence-corrected chi connectivity index (χ4v) is 4.74. The Kier molecular flexibility index (Phi) is 4.31. The SMILES string of the molecule is N#Cc1c(N2CCOCC2)nc2sc(C(N)=O)c(N)c2c1-c1cc2ccccc2o1. The van der Waals surface area contributed by atoms with Crippen molar-refractivity contribution in [3.05, 3.63) is 40.8 Å². The predicted octanol–water partition coefficient (Wildman–Crippen LogP) is 3.10. The maximum Gasteiger partial charge on any atom is 0.260 e. The highest BCUT2D eigenvalue weighted by Gasteiger charge is 2.28. The molecule has 0 spiro atoms. The van der Waals surface area contributed by atoms with Gasteiger partial charge in [-0.3, -0.25) is 4.79 Å². The summed E-state index contributed by atoms with van der Waals surface area (Å²) in [6.45, 7) is 2.31. The number of para-hydroxylation sites is 1. The van der Waals surface area contributed by atoms with Crippen LogP contribution in [-0.4, -0.2) is 37.2 Å². The fraction of sp³-hybridized carbons (Fsp3) is 0.190. The number of primary amides is 1. The highest BCUT2D eigenvalue weighted by Crippen LogP contribution is 2.45. The van der Waals surface area contributed by atoms with Crippen LogP contribution in [0.3, 0.4) is 0 Å². The Morgan fingerprint density at radius 3 is 2.73 bits per heavy atom. The molecule has 4 N–H and O–H groups in total. The lowest BCUT2D eigenvalue weighted by molar-refractivity contribution is 0.100. The first-order valence-corrected chi connectivity index (χ1v) is 10.2. The van der Waals surface area contributed by atoms with Gasteiger partial charge in [-0.1, -0.05) is 18.2 Å². The van der Waals surface area contributed by atoms with Crippen molar-refractivity contribution >= 4 is 49.9 Å². The molecule has 0 bridgehead atoms.